The van der Waals surface area contributed by atoms with Crippen molar-refractivity contribution in [3.63, 3.8) is 0 Å². The standard InChI is InChI=1S/C11H12BrFN2O5/c12-2-1-5-3-15(11(19)14-9(5)18)10-7(13)8(17)6(4-16)20-10/h1-3,6-8,10,16-17H,4H2,(H,14,18,19)/b2-1+/t6-,7+,8-,10-/m1/s1/i13-1. The van der Waals surface area contributed by atoms with Gasteiger partial charge in [0.25, 0.3) is 5.56 Å². The number of aromatic amines is 1. The Balaban J connectivity index is 2.46. The van der Waals surface area contributed by atoms with E-state index < -0.39 is 42.5 Å². The van der Waals surface area contributed by atoms with E-state index in [0.29, 0.717) is 0 Å². The smallest absolute Gasteiger partial charge is 0.330 e. The van der Waals surface area contributed by atoms with E-state index in [-0.39, 0.29) is 5.56 Å². The van der Waals surface area contributed by atoms with Gasteiger partial charge in [0.05, 0.1) is 12.2 Å². The predicted molar refractivity (Wildman–Crippen MR) is 71.2 cm³/mol. The molecule has 4 atom stereocenters. The molecule has 1 aromatic heterocycles. The number of nitrogens with zero attached hydrogens (tertiary/aromatic N) is 1. The Hall–Kier alpha value is -1.29. The number of aliphatic hydroxyl groups excluding tert-OH is 2. The van der Waals surface area contributed by atoms with Crippen molar-refractivity contribution in [1.82, 2.24) is 9.55 Å². The van der Waals surface area contributed by atoms with Gasteiger partial charge in [0.15, 0.2) is 12.4 Å². The summed E-state index contributed by atoms with van der Waals surface area (Å²) in [5, 5.41) is 18.5. The molecule has 110 valence electrons. The van der Waals surface area contributed by atoms with Crippen LogP contribution in [-0.2, 0) is 4.74 Å². The summed E-state index contributed by atoms with van der Waals surface area (Å²) in [6.07, 6.45) is -3.46. The first-order valence-electron chi connectivity index (χ1n) is 5.70. The Morgan fingerprint density at radius 3 is 2.80 bits per heavy atom. The highest BCUT2D eigenvalue weighted by molar-refractivity contribution is 9.11. The zero-order valence-corrected chi connectivity index (χ0v) is 11.7. The number of hydrogen-bond acceptors (Lipinski definition) is 5. The van der Waals surface area contributed by atoms with Gasteiger partial charge >= 0.3 is 5.69 Å². The molecule has 7 nitrogen and oxygen atoms in total. The molecule has 9 heteroatoms. The van der Waals surface area contributed by atoms with Crippen LogP contribution in [0.2, 0.25) is 0 Å². The van der Waals surface area contributed by atoms with Crippen molar-refractivity contribution in [2.24, 2.45) is 0 Å². The van der Waals surface area contributed by atoms with Gasteiger partial charge in [0.2, 0.25) is 0 Å². The van der Waals surface area contributed by atoms with Gasteiger partial charge in [0.1, 0.15) is 12.2 Å². The average molecular weight is 350 g/mol. The van der Waals surface area contributed by atoms with E-state index in [0.717, 1.165) is 10.8 Å². The number of hydrogen-bond donors (Lipinski definition) is 3. The normalized spacial score (nSPS) is 30.2. The first kappa shape index (κ1) is 15.1. The van der Waals surface area contributed by atoms with Gasteiger partial charge in [-0.2, -0.15) is 0 Å². The van der Waals surface area contributed by atoms with Gasteiger partial charge in [-0.3, -0.25) is 14.3 Å². The van der Waals surface area contributed by atoms with Crippen LogP contribution in [0, 0.1) is 0 Å². The number of H-pyrrole nitrogens is 1. The molecule has 1 aliphatic heterocycles. The molecular weight excluding hydrogens is 338 g/mol. The zero-order valence-electron chi connectivity index (χ0n) is 10.1. The summed E-state index contributed by atoms with van der Waals surface area (Å²) in [6, 6.07) is 0. The van der Waals surface area contributed by atoms with Crippen LogP contribution >= 0.6 is 15.9 Å². The predicted octanol–water partition coefficient (Wildman–Crippen LogP) is -0.509. The van der Waals surface area contributed by atoms with Crippen LogP contribution in [0.5, 0.6) is 0 Å². The molecule has 1 aromatic rings. The number of halogens is 2. The average Bonchev–Trinajstić information content (AvgIpc) is 2.70. The van der Waals surface area contributed by atoms with Crippen molar-refractivity contribution in [1.29, 1.82) is 0 Å². The molecule has 0 bridgehead atoms. The van der Waals surface area contributed by atoms with Crippen LogP contribution in [0.15, 0.2) is 20.8 Å². The number of rotatable bonds is 3. The van der Waals surface area contributed by atoms with Gasteiger partial charge in [-0.1, -0.05) is 15.9 Å². The topological polar surface area (TPSA) is 105 Å². The van der Waals surface area contributed by atoms with Crippen molar-refractivity contribution in [2.45, 2.75) is 24.6 Å². The lowest BCUT2D eigenvalue weighted by Gasteiger charge is -2.16. The van der Waals surface area contributed by atoms with Crippen LogP contribution in [0.1, 0.15) is 11.8 Å². The van der Waals surface area contributed by atoms with Crippen LogP contribution in [0.3, 0.4) is 0 Å². The molecule has 0 spiro atoms. The summed E-state index contributed by atoms with van der Waals surface area (Å²) >= 11 is 2.99. The maximum Gasteiger partial charge on any atom is 0.330 e. The molecular formula is C11H12BrFN2O5. The van der Waals surface area contributed by atoms with Crippen LogP contribution in [0.25, 0.3) is 6.08 Å². The Labute approximate surface area is 120 Å². The Bertz CT molecular complexity index is 628. The molecule has 20 heavy (non-hydrogen) atoms. The van der Waals surface area contributed by atoms with E-state index in [9.17, 15) is 19.1 Å². The molecule has 1 saturated heterocycles. The second-order valence-electron chi connectivity index (χ2n) is 4.23. The lowest BCUT2D eigenvalue weighted by Crippen LogP contribution is -2.36. The minimum atomic E-state index is -1.89. The highest BCUT2D eigenvalue weighted by Crippen LogP contribution is 2.30. The van der Waals surface area contributed by atoms with E-state index in [2.05, 4.69) is 15.9 Å². The molecule has 0 amide bonds. The van der Waals surface area contributed by atoms with Gasteiger partial charge < -0.3 is 14.9 Å². The SMILES string of the molecule is O=c1[nH]c(=O)n([C@@H]2O[C@H](CO)[C@@H](O)[C@@H]2[18F])cc1/C=C/Br. The third-order valence-electron chi connectivity index (χ3n) is 2.99. The zero-order chi connectivity index (χ0) is 14.9. The van der Waals surface area contributed by atoms with Crippen LogP contribution in [0.4, 0.5) is 4.39 Å². The number of nitrogens with one attached hydrogen (secondary N) is 1. The fourth-order valence-corrected chi connectivity index (χ4v) is 2.24. The summed E-state index contributed by atoms with van der Waals surface area (Å²) in [4.78, 5) is 26.6. The Kier molecular flexibility index (Phi) is 4.53. The summed E-state index contributed by atoms with van der Waals surface area (Å²) in [5.41, 5.74) is -1.38. The van der Waals surface area contributed by atoms with Crippen LogP contribution in [-0.4, -0.2) is 44.8 Å². The van der Waals surface area contributed by atoms with Gasteiger partial charge in [0, 0.05) is 6.20 Å². The largest absolute Gasteiger partial charge is 0.394 e. The highest BCUT2D eigenvalue weighted by Gasteiger charge is 2.45. The quantitative estimate of drug-likeness (QED) is 0.681. The van der Waals surface area contributed by atoms with Gasteiger partial charge in [-0.25, -0.2) is 9.18 Å². The van der Waals surface area contributed by atoms with Crippen molar-refractivity contribution in [3.8, 4) is 0 Å². The molecule has 3 N–H and O–H groups in total. The number of alkyl halides is 1. The number of aliphatic hydroxyl groups is 2. The molecule has 2 rings (SSSR count). The van der Waals surface area contributed by atoms with Gasteiger partial charge in [-0.05, 0) is 11.1 Å². The van der Waals surface area contributed by atoms with E-state index in [1.54, 1.807) is 0 Å². The van der Waals surface area contributed by atoms with Crippen molar-refractivity contribution in [2.75, 3.05) is 6.61 Å². The molecule has 0 aliphatic carbocycles. The van der Waals surface area contributed by atoms with E-state index in [1.165, 1.54) is 11.1 Å². The maximum atomic E-state index is 13.9. The monoisotopic (exact) mass is 349 g/mol. The number of aromatic nitrogens is 2. The third-order valence-corrected chi connectivity index (χ3v) is 3.25. The number of ether oxygens (including phenoxy) is 1. The third kappa shape index (κ3) is 2.62. The summed E-state index contributed by atoms with van der Waals surface area (Å²) in [6.45, 7) is -0.579. The molecule has 2 heterocycles. The first-order valence-corrected chi connectivity index (χ1v) is 6.62. The van der Waals surface area contributed by atoms with E-state index in [1.807, 2.05) is 4.98 Å². The highest BCUT2D eigenvalue weighted by atomic mass is 79.9. The lowest BCUT2D eigenvalue weighted by atomic mass is 10.1. The van der Waals surface area contributed by atoms with Crippen molar-refractivity contribution < 1.29 is 19.3 Å². The molecule has 0 radical (unpaired) electrons. The second-order valence-corrected chi connectivity index (χ2v) is 4.75. The Morgan fingerprint density at radius 2 is 2.25 bits per heavy atom. The van der Waals surface area contributed by atoms with E-state index >= 15 is 0 Å². The van der Waals surface area contributed by atoms with Crippen molar-refractivity contribution in [3.05, 3.63) is 37.6 Å². The Morgan fingerprint density at radius 1 is 1.55 bits per heavy atom. The second kappa shape index (κ2) is 6.00. The minimum absolute atomic E-state index is 0.110. The lowest BCUT2D eigenvalue weighted by molar-refractivity contribution is -0.0491. The molecule has 1 fully saturated rings. The maximum absolute atomic E-state index is 13.9. The summed E-state index contributed by atoms with van der Waals surface area (Å²) < 4.78 is 19.9. The molecule has 0 saturated carbocycles. The fourth-order valence-electron chi connectivity index (χ4n) is 1.95. The van der Waals surface area contributed by atoms with E-state index in [4.69, 9.17) is 9.84 Å². The van der Waals surface area contributed by atoms with Crippen molar-refractivity contribution >= 4 is 22.0 Å². The fraction of sp³-hybridized carbons (Fsp3) is 0.455. The molecule has 1 aliphatic rings. The molecule has 0 unspecified atom stereocenters. The summed E-state index contributed by atoms with van der Waals surface area (Å²) in [7, 11) is 0. The summed E-state index contributed by atoms with van der Waals surface area (Å²) in [5.74, 6) is 0. The first-order chi connectivity index (χ1) is 9.49. The van der Waals surface area contributed by atoms with Gasteiger partial charge in [-0.15, -0.1) is 0 Å². The minimum Gasteiger partial charge on any atom is -0.394 e. The van der Waals surface area contributed by atoms with Crippen LogP contribution < -0.4 is 11.2 Å². The molecule has 0 aromatic carbocycles.